The van der Waals surface area contributed by atoms with Crippen LogP contribution in [0.3, 0.4) is 0 Å². The molecular formula is C28H27N3O3. The third-order valence-electron chi connectivity index (χ3n) is 7.83. The van der Waals surface area contributed by atoms with Gasteiger partial charge < -0.3 is 9.32 Å². The molecule has 2 aromatic carbocycles. The molecule has 6 nitrogen and oxygen atoms in total. The van der Waals surface area contributed by atoms with Crippen LogP contribution in [0.5, 0.6) is 0 Å². The SMILES string of the molecule is Cc1cc(-c2ccc3occc3c2)ccc1C1=NC2(CC2)C(=O)N1CC1CN(C(=O)C2CC2)C1. The minimum absolute atomic E-state index is 0.142. The van der Waals surface area contributed by atoms with Crippen molar-refractivity contribution < 1.29 is 14.0 Å². The number of aryl methyl sites for hydroxylation is 1. The quantitative estimate of drug-likeness (QED) is 0.575. The summed E-state index contributed by atoms with van der Waals surface area (Å²) in [4.78, 5) is 34.4. The molecule has 7 rings (SSSR count). The lowest BCUT2D eigenvalue weighted by Gasteiger charge is -2.41. The predicted molar refractivity (Wildman–Crippen MR) is 129 cm³/mol. The highest BCUT2D eigenvalue weighted by atomic mass is 16.3. The van der Waals surface area contributed by atoms with Crippen LogP contribution >= 0.6 is 0 Å². The molecule has 0 radical (unpaired) electrons. The summed E-state index contributed by atoms with van der Waals surface area (Å²) in [6, 6.07) is 14.6. The number of furan rings is 1. The molecule has 2 aliphatic carbocycles. The highest BCUT2D eigenvalue weighted by molar-refractivity contribution is 6.17. The smallest absolute Gasteiger partial charge is 0.256 e. The largest absolute Gasteiger partial charge is 0.464 e. The number of amides is 2. The van der Waals surface area contributed by atoms with Gasteiger partial charge in [-0.05, 0) is 67.5 Å². The summed E-state index contributed by atoms with van der Waals surface area (Å²) in [5.74, 6) is 1.84. The van der Waals surface area contributed by atoms with Crippen molar-refractivity contribution in [2.75, 3.05) is 19.6 Å². The molecule has 4 aliphatic rings. The maximum absolute atomic E-state index is 13.3. The first-order chi connectivity index (χ1) is 16.5. The molecule has 2 amide bonds. The Kier molecular flexibility index (Phi) is 4.15. The van der Waals surface area contributed by atoms with Crippen LogP contribution < -0.4 is 0 Å². The fourth-order valence-electron chi connectivity index (χ4n) is 5.43. The van der Waals surface area contributed by atoms with Crippen molar-refractivity contribution in [3.05, 3.63) is 59.9 Å². The maximum atomic E-state index is 13.3. The van der Waals surface area contributed by atoms with Gasteiger partial charge in [-0.15, -0.1) is 0 Å². The Balaban J connectivity index is 1.14. The molecular weight excluding hydrogens is 426 g/mol. The summed E-state index contributed by atoms with van der Waals surface area (Å²) < 4.78 is 5.47. The number of carbonyl (C=O) groups excluding carboxylic acids is 2. The number of fused-ring (bicyclic) bond motifs is 1. The van der Waals surface area contributed by atoms with Gasteiger partial charge >= 0.3 is 0 Å². The van der Waals surface area contributed by atoms with Gasteiger partial charge in [-0.25, -0.2) is 0 Å². The molecule has 2 aliphatic heterocycles. The molecule has 0 atom stereocenters. The van der Waals surface area contributed by atoms with E-state index in [0.717, 1.165) is 77.8 Å². The van der Waals surface area contributed by atoms with Gasteiger partial charge in [-0.3, -0.25) is 19.5 Å². The van der Waals surface area contributed by atoms with E-state index in [1.54, 1.807) is 6.26 Å². The highest BCUT2D eigenvalue weighted by Crippen LogP contribution is 2.46. The Morgan fingerprint density at radius 1 is 1.09 bits per heavy atom. The number of aliphatic imine (C=N–C) groups is 1. The van der Waals surface area contributed by atoms with Gasteiger partial charge in [-0.1, -0.05) is 24.3 Å². The Labute approximate surface area is 198 Å². The normalized spacial score (nSPS) is 21.3. The standard InChI is InChI=1S/C28H27N3O3/c1-17-12-20(21-5-7-24-22(13-21)8-11-34-24)4-6-23(17)25-29-28(9-10-28)27(33)31(25)16-18-14-30(15-18)26(32)19-2-3-19/h4-8,11-13,18-19H,2-3,9-10,14-16H2,1H3. The average Bonchev–Trinajstić information content (AvgIpc) is 3.72. The van der Waals surface area contributed by atoms with E-state index in [0.29, 0.717) is 18.4 Å². The number of nitrogens with zero attached hydrogens (tertiary/aromatic N) is 3. The number of amidine groups is 1. The fraction of sp³-hybridized carbons (Fsp3) is 0.393. The second-order valence-electron chi connectivity index (χ2n) is 10.5. The van der Waals surface area contributed by atoms with Crippen molar-refractivity contribution in [2.24, 2.45) is 16.8 Å². The zero-order chi connectivity index (χ0) is 23.0. The molecule has 1 aromatic heterocycles. The van der Waals surface area contributed by atoms with Crippen molar-refractivity contribution in [1.29, 1.82) is 0 Å². The number of rotatable bonds is 5. The van der Waals surface area contributed by atoms with Gasteiger partial charge in [0, 0.05) is 42.4 Å². The first-order valence-corrected chi connectivity index (χ1v) is 12.3. The second-order valence-corrected chi connectivity index (χ2v) is 10.5. The molecule has 0 bridgehead atoms. The number of carbonyl (C=O) groups is 2. The van der Waals surface area contributed by atoms with E-state index in [4.69, 9.17) is 9.41 Å². The summed E-state index contributed by atoms with van der Waals surface area (Å²) in [6.07, 6.45) is 5.46. The molecule has 0 unspecified atom stereocenters. The third-order valence-corrected chi connectivity index (χ3v) is 7.83. The molecule has 34 heavy (non-hydrogen) atoms. The summed E-state index contributed by atoms with van der Waals surface area (Å²) in [5.41, 5.74) is 4.76. The second kappa shape index (κ2) is 7.05. The Morgan fingerprint density at radius 2 is 1.85 bits per heavy atom. The van der Waals surface area contributed by atoms with Crippen LogP contribution in [0.4, 0.5) is 0 Å². The van der Waals surface area contributed by atoms with E-state index < -0.39 is 5.54 Å². The summed E-state index contributed by atoms with van der Waals surface area (Å²) >= 11 is 0. The number of likely N-dealkylation sites (tertiary alicyclic amines) is 1. The van der Waals surface area contributed by atoms with E-state index in [2.05, 4.69) is 37.3 Å². The Hall–Kier alpha value is -3.41. The lowest BCUT2D eigenvalue weighted by atomic mass is 9.96. The van der Waals surface area contributed by atoms with Gasteiger partial charge in [0.25, 0.3) is 5.91 Å². The van der Waals surface area contributed by atoms with Crippen LogP contribution in [0.25, 0.3) is 22.1 Å². The molecule has 2 saturated carbocycles. The van der Waals surface area contributed by atoms with Crippen LogP contribution in [0, 0.1) is 18.8 Å². The van der Waals surface area contributed by atoms with Crippen LogP contribution in [-0.2, 0) is 9.59 Å². The number of hydrogen-bond acceptors (Lipinski definition) is 4. The molecule has 1 spiro atoms. The summed E-state index contributed by atoms with van der Waals surface area (Å²) in [5, 5.41) is 1.08. The van der Waals surface area contributed by atoms with Gasteiger partial charge in [0.1, 0.15) is 17.0 Å². The number of benzene rings is 2. The number of hydrogen-bond donors (Lipinski definition) is 0. The molecule has 3 heterocycles. The molecule has 1 saturated heterocycles. The topological polar surface area (TPSA) is 66.1 Å². The van der Waals surface area contributed by atoms with Crippen molar-refractivity contribution >= 4 is 28.6 Å². The predicted octanol–water partition coefficient (Wildman–Crippen LogP) is 4.40. The molecule has 6 heteroatoms. The average molecular weight is 454 g/mol. The van der Waals surface area contributed by atoms with Crippen LogP contribution in [0.2, 0.25) is 0 Å². The van der Waals surface area contributed by atoms with E-state index in [1.807, 2.05) is 21.9 Å². The monoisotopic (exact) mass is 453 g/mol. The first-order valence-electron chi connectivity index (χ1n) is 12.3. The molecule has 0 N–H and O–H groups in total. The molecule has 3 fully saturated rings. The van der Waals surface area contributed by atoms with Gasteiger partial charge in [0.2, 0.25) is 5.91 Å². The van der Waals surface area contributed by atoms with E-state index in [-0.39, 0.29) is 11.8 Å². The lowest BCUT2D eigenvalue weighted by Crippen LogP contribution is -2.55. The Morgan fingerprint density at radius 3 is 2.59 bits per heavy atom. The van der Waals surface area contributed by atoms with Crippen molar-refractivity contribution in [1.82, 2.24) is 9.80 Å². The Bertz CT molecular complexity index is 1370. The lowest BCUT2D eigenvalue weighted by molar-refractivity contribution is -0.139. The van der Waals surface area contributed by atoms with Gasteiger partial charge in [0.05, 0.1) is 6.26 Å². The maximum Gasteiger partial charge on any atom is 0.256 e. The molecule has 172 valence electrons. The van der Waals surface area contributed by atoms with Crippen LogP contribution in [0.1, 0.15) is 36.8 Å². The van der Waals surface area contributed by atoms with E-state index in [9.17, 15) is 9.59 Å². The minimum Gasteiger partial charge on any atom is -0.464 e. The first kappa shape index (κ1) is 20.0. The van der Waals surface area contributed by atoms with Crippen molar-refractivity contribution in [2.45, 2.75) is 38.1 Å². The summed E-state index contributed by atoms with van der Waals surface area (Å²) in [6.45, 7) is 4.26. The highest BCUT2D eigenvalue weighted by Gasteiger charge is 2.58. The van der Waals surface area contributed by atoms with Crippen molar-refractivity contribution in [3.8, 4) is 11.1 Å². The molecule has 3 aromatic rings. The van der Waals surface area contributed by atoms with Crippen LogP contribution in [0.15, 0.2) is 58.1 Å². The van der Waals surface area contributed by atoms with Gasteiger partial charge in [-0.2, -0.15) is 0 Å². The van der Waals surface area contributed by atoms with E-state index in [1.165, 1.54) is 0 Å². The summed E-state index contributed by atoms with van der Waals surface area (Å²) in [7, 11) is 0. The third kappa shape index (κ3) is 3.11. The zero-order valence-corrected chi connectivity index (χ0v) is 19.3. The van der Waals surface area contributed by atoms with Gasteiger partial charge in [0.15, 0.2) is 0 Å². The van der Waals surface area contributed by atoms with E-state index >= 15 is 0 Å². The van der Waals surface area contributed by atoms with Crippen LogP contribution in [-0.4, -0.2) is 52.6 Å². The fourth-order valence-corrected chi connectivity index (χ4v) is 5.43. The minimum atomic E-state index is -0.528. The zero-order valence-electron chi connectivity index (χ0n) is 19.3. The van der Waals surface area contributed by atoms with Crippen molar-refractivity contribution in [3.63, 3.8) is 0 Å².